The lowest BCUT2D eigenvalue weighted by Crippen LogP contribution is -2.01. The van der Waals surface area contributed by atoms with Gasteiger partial charge in [-0.2, -0.15) is 13.7 Å². The molecule has 0 atom stereocenters. The fourth-order valence-electron chi connectivity index (χ4n) is 1.00. The number of nitrogens with zero attached hydrogens (tertiary/aromatic N) is 1. The van der Waals surface area contributed by atoms with Gasteiger partial charge in [0.25, 0.3) is 10.1 Å². The third-order valence-corrected chi connectivity index (χ3v) is 2.99. The van der Waals surface area contributed by atoms with Crippen LogP contribution in [0.1, 0.15) is 24.5 Å². The van der Waals surface area contributed by atoms with E-state index in [1.807, 2.05) is 13.0 Å². The molecule has 0 aliphatic rings. The van der Waals surface area contributed by atoms with Crippen molar-refractivity contribution in [2.75, 3.05) is 0 Å². The molecule has 0 aliphatic carbocycles. The minimum absolute atomic E-state index is 0.0116. The van der Waals surface area contributed by atoms with Gasteiger partial charge in [0.2, 0.25) is 0 Å². The first kappa shape index (κ1) is 14.6. The Morgan fingerprint density at radius 1 is 1.38 bits per heavy atom. The summed E-state index contributed by atoms with van der Waals surface area (Å²) in [4.78, 5) is -0.0116. The van der Waals surface area contributed by atoms with E-state index < -0.39 is 10.1 Å². The highest BCUT2D eigenvalue weighted by Crippen LogP contribution is 2.17. The second-order valence-electron chi connectivity index (χ2n) is 3.18. The highest BCUT2D eigenvalue weighted by molar-refractivity contribution is 7.85. The lowest BCUT2D eigenvalue weighted by Gasteiger charge is -2.03. The Balaban J connectivity index is 0.000000487. The molecule has 5 heteroatoms. The maximum absolute atomic E-state index is 10.8. The Labute approximate surface area is 96.3 Å². The van der Waals surface area contributed by atoms with Crippen LogP contribution >= 0.6 is 0 Å². The summed E-state index contributed by atoms with van der Waals surface area (Å²) in [5.41, 5.74) is 1.45. The number of nitriles is 1. The quantitative estimate of drug-likeness (QED) is 0.766. The van der Waals surface area contributed by atoms with Gasteiger partial charge >= 0.3 is 0 Å². The van der Waals surface area contributed by atoms with Gasteiger partial charge in [-0.1, -0.05) is 19.1 Å². The molecule has 4 nitrogen and oxygen atoms in total. The SMILES string of the molecule is CCC#N.Cc1cccc(S(=O)(=O)O)c1C. The minimum Gasteiger partial charge on any atom is -0.282 e. The predicted molar refractivity (Wildman–Crippen MR) is 61.6 cm³/mol. The zero-order valence-electron chi connectivity index (χ0n) is 9.56. The lowest BCUT2D eigenvalue weighted by molar-refractivity contribution is 0.482. The minimum atomic E-state index is -4.06. The average Bonchev–Trinajstić information content (AvgIpc) is 2.21. The standard InChI is InChI=1S/C8H10O3S.C3H5N/c1-6-4-3-5-8(7(6)2)12(9,10)11;1-2-3-4/h3-5H,1-2H3,(H,9,10,11);2H2,1H3. The topological polar surface area (TPSA) is 78.2 Å². The molecule has 0 saturated carbocycles. The fourth-order valence-corrected chi connectivity index (χ4v) is 1.80. The molecule has 0 saturated heterocycles. The van der Waals surface area contributed by atoms with E-state index in [2.05, 4.69) is 0 Å². The van der Waals surface area contributed by atoms with E-state index in [0.29, 0.717) is 12.0 Å². The van der Waals surface area contributed by atoms with Gasteiger partial charge in [-0.15, -0.1) is 0 Å². The Morgan fingerprint density at radius 2 is 1.88 bits per heavy atom. The van der Waals surface area contributed by atoms with E-state index in [9.17, 15) is 8.42 Å². The van der Waals surface area contributed by atoms with Gasteiger partial charge in [-0.25, -0.2) is 0 Å². The van der Waals surface area contributed by atoms with E-state index in [1.165, 1.54) is 6.07 Å². The Bertz CT molecular complexity index is 486. The second kappa shape index (κ2) is 6.26. The fraction of sp³-hybridized carbons (Fsp3) is 0.364. The van der Waals surface area contributed by atoms with Gasteiger partial charge in [0, 0.05) is 6.42 Å². The number of aryl methyl sites for hydroxylation is 1. The van der Waals surface area contributed by atoms with Gasteiger partial charge < -0.3 is 0 Å². The summed E-state index contributed by atoms with van der Waals surface area (Å²) < 4.78 is 30.3. The van der Waals surface area contributed by atoms with Gasteiger partial charge in [0.15, 0.2) is 0 Å². The van der Waals surface area contributed by atoms with E-state index in [4.69, 9.17) is 9.81 Å². The first-order valence-electron chi connectivity index (χ1n) is 4.75. The van der Waals surface area contributed by atoms with Crippen LogP contribution in [0.2, 0.25) is 0 Å². The normalized spacial score (nSPS) is 9.94. The molecule has 1 rings (SSSR count). The van der Waals surface area contributed by atoms with Crippen LogP contribution < -0.4 is 0 Å². The van der Waals surface area contributed by atoms with Crippen LogP contribution in [0.25, 0.3) is 0 Å². The maximum atomic E-state index is 10.8. The van der Waals surface area contributed by atoms with Gasteiger partial charge in [-0.3, -0.25) is 4.55 Å². The molecular weight excluding hydrogens is 226 g/mol. The highest BCUT2D eigenvalue weighted by atomic mass is 32.2. The summed E-state index contributed by atoms with van der Waals surface area (Å²) in [6.45, 7) is 5.28. The number of hydrogen-bond acceptors (Lipinski definition) is 3. The van der Waals surface area contributed by atoms with Crippen LogP contribution in [0.15, 0.2) is 23.1 Å². The predicted octanol–water partition coefficient (Wildman–Crippen LogP) is 2.47. The second-order valence-corrected chi connectivity index (χ2v) is 4.57. The van der Waals surface area contributed by atoms with Gasteiger partial charge in [0.05, 0.1) is 11.0 Å². The molecule has 1 N–H and O–H groups in total. The number of hydrogen-bond donors (Lipinski definition) is 1. The van der Waals surface area contributed by atoms with Crippen LogP contribution in [0.3, 0.4) is 0 Å². The van der Waals surface area contributed by atoms with Crippen molar-refractivity contribution >= 4 is 10.1 Å². The monoisotopic (exact) mass is 241 g/mol. The van der Waals surface area contributed by atoms with Crippen LogP contribution in [0.5, 0.6) is 0 Å². The lowest BCUT2D eigenvalue weighted by atomic mass is 10.1. The third kappa shape index (κ3) is 4.43. The maximum Gasteiger partial charge on any atom is 0.294 e. The van der Waals surface area contributed by atoms with E-state index >= 15 is 0 Å². The first-order chi connectivity index (χ1) is 7.34. The van der Waals surface area contributed by atoms with Crippen molar-refractivity contribution in [1.82, 2.24) is 0 Å². The molecule has 0 spiro atoms. The molecule has 88 valence electrons. The zero-order valence-corrected chi connectivity index (χ0v) is 10.4. The Morgan fingerprint density at radius 3 is 2.19 bits per heavy atom. The van der Waals surface area contributed by atoms with Crippen molar-refractivity contribution in [3.63, 3.8) is 0 Å². The van der Waals surface area contributed by atoms with Crippen molar-refractivity contribution in [3.05, 3.63) is 29.3 Å². The number of rotatable bonds is 1. The summed E-state index contributed by atoms with van der Waals surface area (Å²) >= 11 is 0. The summed E-state index contributed by atoms with van der Waals surface area (Å²) in [6, 6.07) is 6.72. The van der Waals surface area contributed by atoms with Crippen LogP contribution in [-0.2, 0) is 10.1 Å². The summed E-state index contributed by atoms with van der Waals surface area (Å²) in [7, 11) is -4.06. The molecular formula is C11H15NO3S. The molecule has 0 fully saturated rings. The molecule has 0 aromatic heterocycles. The van der Waals surface area contributed by atoms with Crippen LogP contribution in [0, 0.1) is 25.2 Å². The molecule has 0 heterocycles. The van der Waals surface area contributed by atoms with Gasteiger partial charge in [-0.05, 0) is 31.0 Å². The Hall–Kier alpha value is -1.38. The number of benzene rings is 1. The molecule has 16 heavy (non-hydrogen) atoms. The molecule has 0 bridgehead atoms. The highest BCUT2D eigenvalue weighted by Gasteiger charge is 2.12. The van der Waals surface area contributed by atoms with E-state index in [0.717, 1.165) is 5.56 Å². The molecule has 1 aromatic carbocycles. The van der Waals surface area contributed by atoms with E-state index in [-0.39, 0.29) is 4.90 Å². The van der Waals surface area contributed by atoms with Crippen molar-refractivity contribution in [2.24, 2.45) is 0 Å². The third-order valence-electron chi connectivity index (χ3n) is 1.99. The van der Waals surface area contributed by atoms with Crippen molar-refractivity contribution in [2.45, 2.75) is 32.1 Å². The molecule has 0 amide bonds. The van der Waals surface area contributed by atoms with Crippen LogP contribution in [-0.4, -0.2) is 13.0 Å². The zero-order chi connectivity index (χ0) is 12.8. The van der Waals surface area contributed by atoms with Crippen molar-refractivity contribution < 1.29 is 13.0 Å². The molecule has 0 radical (unpaired) electrons. The summed E-state index contributed by atoms with van der Waals surface area (Å²) in [5, 5.41) is 7.62. The van der Waals surface area contributed by atoms with Crippen LogP contribution in [0.4, 0.5) is 0 Å². The molecule has 0 aliphatic heterocycles. The average molecular weight is 241 g/mol. The summed E-state index contributed by atoms with van der Waals surface area (Å²) in [5.74, 6) is 0. The molecule has 1 aromatic rings. The first-order valence-corrected chi connectivity index (χ1v) is 6.19. The van der Waals surface area contributed by atoms with Crippen molar-refractivity contribution in [3.8, 4) is 6.07 Å². The molecule has 0 unspecified atom stereocenters. The van der Waals surface area contributed by atoms with Gasteiger partial charge in [0.1, 0.15) is 0 Å². The summed E-state index contributed by atoms with van der Waals surface area (Å²) in [6.07, 6.45) is 0.625. The largest absolute Gasteiger partial charge is 0.294 e. The Kier molecular flexibility index (Phi) is 5.72. The van der Waals surface area contributed by atoms with Crippen molar-refractivity contribution in [1.29, 1.82) is 5.26 Å². The smallest absolute Gasteiger partial charge is 0.282 e. The van der Waals surface area contributed by atoms with E-state index in [1.54, 1.807) is 26.0 Å².